The second-order valence-electron chi connectivity index (χ2n) is 5.51. The SMILES string of the molecule is CC[C@H]1O[C@@H](N2C(=O)Cc3cnc(N)nc32)[C@H](OC(C)=O)[C@@H]1F. The van der Waals surface area contributed by atoms with Gasteiger partial charge in [-0.15, -0.1) is 0 Å². The Hall–Kier alpha value is -2.29. The number of nitrogens with two attached hydrogens (primary N) is 1. The quantitative estimate of drug-likeness (QED) is 0.799. The topological polar surface area (TPSA) is 108 Å². The van der Waals surface area contributed by atoms with Gasteiger partial charge in [-0.3, -0.25) is 14.5 Å². The summed E-state index contributed by atoms with van der Waals surface area (Å²) in [7, 11) is 0. The van der Waals surface area contributed by atoms with Crippen molar-refractivity contribution >= 4 is 23.6 Å². The fraction of sp³-hybridized carbons (Fsp3) is 0.571. The van der Waals surface area contributed by atoms with Crippen LogP contribution < -0.4 is 10.6 Å². The van der Waals surface area contributed by atoms with Crippen LogP contribution >= 0.6 is 0 Å². The van der Waals surface area contributed by atoms with E-state index in [1.54, 1.807) is 6.92 Å². The molecule has 2 aliphatic rings. The molecule has 2 N–H and O–H groups in total. The number of rotatable bonds is 3. The van der Waals surface area contributed by atoms with Crippen molar-refractivity contribution in [3.8, 4) is 0 Å². The number of aromatic nitrogens is 2. The first kappa shape index (κ1) is 15.6. The van der Waals surface area contributed by atoms with E-state index in [-0.39, 0.29) is 24.1 Å². The van der Waals surface area contributed by atoms with Crippen LogP contribution in [0.25, 0.3) is 0 Å². The van der Waals surface area contributed by atoms with Gasteiger partial charge in [-0.05, 0) is 6.42 Å². The van der Waals surface area contributed by atoms with Gasteiger partial charge in [0, 0.05) is 18.7 Å². The van der Waals surface area contributed by atoms with E-state index < -0.39 is 30.6 Å². The number of anilines is 2. The summed E-state index contributed by atoms with van der Waals surface area (Å²) in [6.07, 6.45) is -2.65. The standard InChI is InChI=1S/C14H17FN4O4/c1-3-8-10(15)11(22-6(2)20)13(23-8)19-9(21)4-7-5-17-14(16)18-12(7)19/h5,8,10-11,13H,3-4H2,1-2H3,(H2,16,17,18)/t8-,10-,11-,13-/m1/s1. The summed E-state index contributed by atoms with van der Waals surface area (Å²) in [4.78, 5) is 32.7. The van der Waals surface area contributed by atoms with Gasteiger partial charge in [0.1, 0.15) is 5.82 Å². The summed E-state index contributed by atoms with van der Waals surface area (Å²) in [6.45, 7) is 2.94. The fourth-order valence-electron chi connectivity index (χ4n) is 2.92. The number of nitrogens with zero attached hydrogens (tertiary/aromatic N) is 3. The lowest BCUT2D eigenvalue weighted by molar-refractivity contribution is -0.152. The molecule has 3 heterocycles. The molecule has 1 fully saturated rings. The predicted molar refractivity (Wildman–Crippen MR) is 77.0 cm³/mol. The van der Waals surface area contributed by atoms with E-state index in [1.807, 2.05) is 0 Å². The van der Waals surface area contributed by atoms with Gasteiger partial charge in [-0.1, -0.05) is 6.92 Å². The van der Waals surface area contributed by atoms with Crippen molar-refractivity contribution in [3.05, 3.63) is 11.8 Å². The minimum Gasteiger partial charge on any atom is -0.454 e. The number of halogens is 1. The van der Waals surface area contributed by atoms with Crippen LogP contribution in [0.4, 0.5) is 16.2 Å². The van der Waals surface area contributed by atoms with Crippen LogP contribution in [0.1, 0.15) is 25.8 Å². The Morgan fingerprint density at radius 3 is 3.00 bits per heavy atom. The maximum Gasteiger partial charge on any atom is 0.303 e. The molecule has 1 aromatic rings. The molecule has 124 valence electrons. The Balaban J connectivity index is 1.97. The zero-order chi connectivity index (χ0) is 16.7. The van der Waals surface area contributed by atoms with Crippen LogP contribution in [0.5, 0.6) is 0 Å². The third-order valence-corrected chi connectivity index (χ3v) is 3.92. The predicted octanol–water partition coefficient (Wildman–Crippen LogP) is 0.353. The molecule has 3 rings (SSSR count). The number of nitrogen functional groups attached to an aromatic ring is 1. The molecular weight excluding hydrogens is 307 g/mol. The van der Waals surface area contributed by atoms with E-state index in [4.69, 9.17) is 15.2 Å². The largest absolute Gasteiger partial charge is 0.454 e. The van der Waals surface area contributed by atoms with Crippen molar-refractivity contribution < 1.29 is 23.5 Å². The molecule has 2 aliphatic heterocycles. The van der Waals surface area contributed by atoms with Gasteiger partial charge in [-0.2, -0.15) is 4.98 Å². The summed E-state index contributed by atoms with van der Waals surface area (Å²) in [6, 6.07) is 0. The second kappa shape index (κ2) is 5.73. The van der Waals surface area contributed by atoms with E-state index in [9.17, 15) is 14.0 Å². The van der Waals surface area contributed by atoms with E-state index in [0.717, 1.165) is 0 Å². The van der Waals surface area contributed by atoms with Gasteiger partial charge in [-0.25, -0.2) is 9.37 Å². The average molecular weight is 324 g/mol. The summed E-state index contributed by atoms with van der Waals surface area (Å²) < 4.78 is 25.2. The second-order valence-corrected chi connectivity index (χ2v) is 5.51. The molecule has 9 heteroatoms. The maximum atomic E-state index is 14.5. The van der Waals surface area contributed by atoms with Crippen molar-refractivity contribution in [2.75, 3.05) is 10.6 Å². The first-order valence-electron chi connectivity index (χ1n) is 7.32. The maximum absolute atomic E-state index is 14.5. The summed E-state index contributed by atoms with van der Waals surface area (Å²) in [5, 5.41) is 0. The minimum absolute atomic E-state index is 0.00526. The molecule has 0 bridgehead atoms. The van der Waals surface area contributed by atoms with Crippen molar-refractivity contribution in [2.45, 2.75) is 51.3 Å². The molecule has 23 heavy (non-hydrogen) atoms. The number of carbonyl (C=O) groups excluding carboxylic acids is 2. The Morgan fingerprint density at radius 2 is 2.35 bits per heavy atom. The normalized spacial score (nSPS) is 29.7. The van der Waals surface area contributed by atoms with E-state index >= 15 is 0 Å². The van der Waals surface area contributed by atoms with Crippen LogP contribution in [0.15, 0.2) is 6.20 Å². The first-order chi connectivity index (χ1) is 10.9. The van der Waals surface area contributed by atoms with Crippen LogP contribution in [0.2, 0.25) is 0 Å². The summed E-state index contributed by atoms with van der Waals surface area (Å²) in [5.41, 5.74) is 6.15. The van der Waals surface area contributed by atoms with Gasteiger partial charge in [0.05, 0.1) is 12.5 Å². The Bertz CT molecular complexity index is 656. The summed E-state index contributed by atoms with van der Waals surface area (Å²) in [5.74, 6) is -0.703. The van der Waals surface area contributed by atoms with Gasteiger partial charge in [0.25, 0.3) is 0 Å². The monoisotopic (exact) mass is 324 g/mol. The molecule has 1 amide bonds. The third kappa shape index (κ3) is 2.61. The van der Waals surface area contributed by atoms with Crippen molar-refractivity contribution in [1.82, 2.24) is 9.97 Å². The zero-order valence-corrected chi connectivity index (χ0v) is 12.7. The molecule has 0 unspecified atom stereocenters. The average Bonchev–Trinajstić information content (AvgIpc) is 2.96. The smallest absolute Gasteiger partial charge is 0.303 e. The number of amides is 1. The number of hydrogen-bond donors (Lipinski definition) is 1. The lowest BCUT2D eigenvalue weighted by Crippen LogP contribution is -2.47. The fourth-order valence-corrected chi connectivity index (χ4v) is 2.92. The number of esters is 1. The molecule has 8 nitrogen and oxygen atoms in total. The molecule has 0 aromatic carbocycles. The van der Waals surface area contributed by atoms with Gasteiger partial charge >= 0.3 is 5.97 Å². The van der Waals surface area contributed by atoms with Crippen molar-refractivity contribution in [1.29, 1.82) is 0 Å². The van der Waals surface area contributed by atoms with E-state index in [1.165, 1.54) is 18.0 Å². The first-order valence-corrected chi connectivity index (χ1v) is 7.32. The molecule has 1 saturated heterocycles. The molecule has 4 atom stereocenters. The van der Waals surface area contributed by atoms with Crippen LogP contribution in [-0.4, -0.2) is 46.5 Å². The lowest BCUT2D eigenvalue weighted by Gasteiger charge is -2.27. The number of ether oxygens (including phenoxy) is 2. The molecule has 1 aromatic heterocycles. The molecule has 0 aliphatic carbocycles. The highest BCUT2D eigenvalue weighted by molar-refractivity contribution is 6.00. The molecule has 0 radical (unpaired) electrons. The Labute approximate surface area is 131 Å². The van der Waals surface area contributed by atoms with Crippen LogP contribution in [0.3, 0.4) is 0 Å². The van der Waals surface area contributed by atoms with Crippen molar-refractivity contribution in [3.63, 3.8) is 0 Å². The molecule has 0 saturated carbocycles. The Morgan fingerprint density at radius 1 is 1.61 bits per heavy atom. The number of alkyl halides is 1. The lowest BCUT2D eigenvalue weighted by atomic mass is 10.1. The Kier molecular flexibility index (Phi) is 3.88. The zero-order valence-electron chi connectivity index (χ0n) is 12.7. The third-order valence-electron chi connectivity index (χ3n) is 3.92. The minimum atomic E-state index is -1.52. The van der Waals surface area contributed by atoms with Crippen LogP contribution in [0, 0.1) is 0 Å². The summed E-state index contributed by atoms with van der Waals surface area (Å²) >= 11 is 0. The van der Waals surface area contributed by atoms with Crippen molar-refractivity contribution in [2.24, 2.45) is 0 Å². The highest BCUT2D eigenvalue weighted by atomic mass is 19.1. The van der Waals surface area contributed by atoms with Gasteiger partial charge in [0.15, 0.2) is 18.5 Å². The van der Waals surface area contributed by atoms with Gasteiger partial charge in [0.2, 0.25) is 11.9 Å². The molecule has 0 spiro atoms. The number of fused-ring (bicyclic) bond motifs is 1. The van der Waals surface area contributed by atoms with E-state index in [0.29, 0.717) is 12.0 Å². The number of hydrogen-bond acceptors (Lipinski definition) is 7. The highest BCUT2D eigenvalue weighted by Gasteiger charge is 2.52. The number of carbonyl (C=O) groups is 2. The highest BCUT2D eigenvalue weighted by Crippen LogP contribution is 2.37. The van der Waals surface area contributed by atoms with Gasteiger partial charge < -0.3 is 15.2 Å². The van der Waals surface area contributed by atoms with E-state index in [2.05, 4.69) is 9.97 Å². The molecular formula is C14H17FN4O4. The van der Waals surface area contributed by atoms with Crippen LogP contribution in [-0.2, 0) is 25.5 Å².